The molecule has 0 bridgehead atoms. The molecule has 1 heteroatoms. The fourth-order valence-corrected chi connectivity index (χ4v) is 0.596. The number of hydrogen-bond acceptors (Lipinski definition) is 1. The predicted octanol–water partition coefficient (Wildman–Crippen LogP) is 2.43. The minimum Gasteiger partial charge on any atom is -0.298 e. The summed E-state index contributed by atoms with van der Waals surface area (Å²) in [5.41, 5.74) is 0. The Kier molecular flexibility index (Phi) is 6.92. The molecule has 0 aromatic carbocycles. The zero-order chi connectivity index (χ0) is 6.95. The SMILES string of the molecule is CC=CCCCN=CC. The molecule has 1 nitrogen and oxygen atoms in total. The van der Waals surface area contributed by atoms with Gasteiger partial charge >= 0.3 is 0 Å². The van der Waals surface area contributed by atoms with Crippen molar-refractivity contribution in [1.82, 2.24) is 0 Å². The Morgan fingerprint density at radius 1 is 1.33 bits per heavy atom. The summed E-state index contributed by atoms with van der Waals surface area (Å²) in [5.74, 6) is 0. The van der Waals surface area contributed by atoms with Crippen LogP contribution in [0.15, 0.2) is 17.1 Å². The van der Waals surface area contributed by atoms with Crippen LogP contribution in [-0.4, -0.2) is 12.8 Å². The van der Waals surface area contributed by atoms with E-state index in [1.165, 1.54) is 6.42 Å². The van der Waals surface area contributed by atoms with Crippen molar-refractivity contribution in [2.24, 2.45) is 4.99 Å². The molecule has 0 atom stereocenters. The molecule has 0 aliphatic carbocycles. The summed E-state index contributed by atoms with van der Waals surface area (Å²) in [6.07, 6.45) is 8.44. The maximum Gasteiger partial charge on any atom is 0.0388 e. The second-order valence-electron chi connectivity index (χ2n) is 1.88. The molecule has 0 unspecified atom stereocenters. The monoisotopic (exact) mass is 125 g/mol. The first-order valence-corrected chi connectivity index (χ1v) is 3.47. The first kappa shape index (κ1) is 8.41. The topological polar surface area (TPSA) is 12.4 Å². The highest BCUT2D eigenvalue weighted by molar-refractivity contribution is 5.53. The summed E-state index contributed by atoms with van der Waals surface area (Å²) in [5, 5.41) is 0. The number of aliphatic imine (C=N–C) groups is 1. The van der Waals surface area contributed by atoms with E-state index in [0.717, 1.165) is 13.0 Å². The molecule has 9 heavy (non-hydrogen) atoms. The largest absolute Gasteiger partial charge is 0.298 e. The lowest BCUT2D eigenvalue weighted by atomic mass is 10.3. The molecule has 0 spiro atoms. The Balaban J connectivity index is 2.91. The highest BCUT2D eigenvalue weighted by Crippen LogP contribution is 1.89. The second-order valence-corrected chi connectivity index (χ2v) is 1.88. The summed E-state index contributed by atoms with van der Waals surface area (Å²) in [7, 11) is 0. The minimum atomic E-state index is 0.973. The predicted molar refractivity (Wildman–Crippen MR) is 43.1 cm³/mol. The van der Waals surface area contributed by atoms with Gasteiger partial charge in [-0.25, -0.2) is 0 Å². The molecule has 0 aliphatic heterocycles. The van der Waals surface area contributed by atoms with E-state index in [4.69, 9.17) is 0 Å². The number of nitrogens with zero attached hydrogens (tertiary/aromatic N) is 1. The number of allylic oxidation sites excluding steroid dienone is 2. The van der Waals surface area contributed by atoms with Crippen molar-refractivity contribution in [2.45, 2.75) is 26.7 Å². The van der Waals surface area contributed by atoms with E-state index in [9.17, 15) is 0 Å². The molecule has 0 rings (SSSR count). The Morgan fingerprint density at radius 2 is 2.11 bits per heavy atom. The van der Waals surface area contributed by atoms with Crippen LogP contribution in [0.5, 0.6) is 0 Å². The maximum absolute atomic E-state index is 4.08. The summed E-state index contributed by atoms with van der Waals surface area (Å²) < 4.78 is 0. The standard InChI is InChI=1S/C8H15N/c1-3-5-6-7-8-9-4-2/h3-5H,6-8H2,1-2H3. The van der Waals surface area contributed by atoms with Gasteiger partial charge in [0.2, 0.25) is 0 Å². The van der Waals surface area contributed by atoms with Crippen molar-refractivity contribution in [1.29, 1.82) is 0 Å². The summed E-state index contributed by atoms with van der Waals surface area (Å²) in [6, 6.07) is 0. The molecule has 0 saturated heterocycles. The van der Waals surface area contributed by atoms with Gasteiger partial charge in [-0.15, -0.1) is 0 Å². The fourth-order valence-electron chi connectivity index (χ4n) is 0.596. The molecular formula is C8H15N. The van der Waals surface area contributed by atoms with Gasteiger partial charge in [0.15, 0.2) is 0 Å². The van der Waals surface area contributed by atoms with Gasteiger partial charge in [-0.1, -0.05) is 12.2 Å². The second kappa shape index (κ2) is 7.41. The molecule has 0 aliphatic rings. The Labute approximate surface area is 57.5 Å². The molecule has 0 saturated carbocycles. The molecular weight excluding hydrogens is 110 g/mol. The average Bonchev–Trinajstić information content (AvgIpc) is 1.89. The van der Waals surface area contributed by atoms with E-state index < -0.39 is 0 Å². The van der Waals surface area contributed by atoms with Gasteiger partial charge in [0.25, 0.3) is 0 Å². The van der Waals surface area contributed by atoms with E-state index >= 15 is 0 Å². The molecule has 0 aromatic rings. The van der Waals surface area contributed by atoms with Crippen molar-refractivity contribution < 1.29 is 0 Å². The highest BCUT2D eigenvalue weighted by Gasteiger charge is 1.77. The van der Waals surface area contributed by atoms with Gasteiger partial charge in [0.1, 0.15) is 0 Å². The van der Waals surface area contributed by atoms with Crippen LogP contribution in [0.2, 0.25) is 0 Å². The number of rotatable bonds is 4. The third-order valence-electron chi connectivity index (χ3n) is 1.08. The Hall–Kier alpha value is -0.590. The summed E-state index contributed by atoms with van der Waals surface area (Å²) in [6.45, 7) is 4.97. The van der Waals surface area contributed by atoms with Crippen LogP contribution in [0.4, 0.5) is 0 Å². The van der Waals surface area contributed by atoms with Crippen LogP contribution in [0.1, 0.15) is 26.7 Å². The molecule has 0 amide bonds. The zero-order valence-corrected chi connectivity index (χ0v) is 6.30. The number of unbranched alkanes of at least 4 members (excludes halogenated alkanes) is 1. The van der Waals surface area contributed by atoms with E-state index in [0.29, 0.717) is 0 Å². The Morgan fingerprint density at radius 3 is 2.67 bits per heavy atom. The van der Waals surface area contributed by atoms with E-state index in [2.05, 4.69) is 17.1 Å². The lowest BCUT2D eigenvalue weighted by Crippen LogP contribution is -1.77. The normalized spacial score (nSPS) is 11.8. The molecule has 0 N–H and O–H groups in total. The third-order valence-corrected chi connectivity index (χ3v) is 1.08. The van der Waals surface area contributed by atoms with Gasteiger partial charge in [-0.05, 0) is 32.9 Å². The third kappa shape index (κ3) is 7.41. The molecule has 52 valence electrons. The van der Waals surface area contributed by atoms with Gasteiger partial charge in [0.05, 0.1) is 0 Å². The van der Waals surface area contributed by atoms with Crippen LogP contribution in [-0.2, 0) is 0 Å². The van der Waals surface area contributed by atoms with Gasteiger partial charge in [0, 0.05) is 6.54 Å². The number of hydrogen-bond donors (Lipinski definition) is 0. The average molecular weight is 125 g/mol. The van der Waals surface area contributed by atoms with Crippen molar-refractivity contribution in [3.05, 3.63) is 12.2 Å². The van der Waals surface area contributed by atoms with E-state index in [-0.39, 0.29) is 0 Å². The molecule has 0 fully saturated rings. The van der Waals surface area contributed by atoms with Crippen LogP contribution >= 0.6 is 0 Å². The lowest BCUT2D eigenvalue weighted by Gasteiger charge is -1.87. The van der Waals surface area contributed by atoms with E-state index in [1.807, 2.05) is 20.1 Å². The molecule has 0 aromatic heterocycles. The van der Waals surface area contributed by atoms with E-state index in [1.54, 1.807) is 0 Å². The van der Waals surface area contributed by atoms with Gasteiger partial charge < -0.3 is 0 Å². The highest BCUT2D eigenvalue weighted by atomic mass is 14.7. The molecule has 0 heterocycles. The van der Waals surface area contributed by atoms with Crippen LogP contribution in [0.3, 0.4) is 0 Å². The van der Waals surface area contributed by atoms with Crippen LogP contribution in [0.25, 0.3) is 0 Å². The van der Waals surface area contributed by atoms with Gasteiger partial charge in [-0.2, -0.15) is 0 Å². The van der Waals surface area contributed by atoms with Crippen molar-refractivity contribution in [2.75, 3.05) is 6.54 Å². The quantitative estimate of drug-likeness (QED) is 0.311. The van der Waals surface area contributed by atoms with Gasteiger partial charge in [-0.3, -0.25) is 4.99 Å². The maximum atomic E-state index is 4.08. The van der Waals surface area contributed by atoms with Crippen LogP contribution in [0, 0.1) is 0 Å². The van der Waals surface area contributed by atoms with Crippen molar-refractivity contribution in [3.8, 4) is 0 Å². The van der Waals surface area contributed by atoms with Crippen molar-refractivity contribution in [3.63, 3.8) is 0 Å². The first-order chi connectivity index (χ1) is 4.41. The molecule has 0 radical (unpaired) electrons. The Bertz CT molecular complexity index is 80.7. The first-order valence-electron chi connectivity index (χ1n) is 3.47. The zero-order valence-electron chi connectivity index (χ0n) is 6.30. The fraction of sp³-hybridized carbons (Fsp3) is 0.625. The summed E-state index contributed by atoms with van der Waals surface area (Å²) >= 11 is 0. The summed E-state index contributed by atoms with van der Waals surface area (Å²) in [4.78, 5) is 4.08. The van der Waals surface area contributed by atoms with Crippen molar-refractivity contribution >= 4 is 6.21 Å². The lowest BCUT2D eigenvalue weighted by molar-refractivity contribution is 0.857. The smallest absolute Gasteiger partial charge is 0.0388 e. The van der Waals surface area contributed by atoms with Crippen LogP contribution < -0.4 is 0 Å². The minimum absolute atomic E-state index is 0.973.